The van der Waals surface area contributed by atoms with Crippen LogP contribution in [0.4, 0.5) is 4.39 Å². The number of halogens is 1. The second-order valence-electron chi connectivity index (χ2n) is 8.73. The maximum atomic E-state index is 14.8. The van der Waals surface area contributed by atoms with Crippen LogP contribution in [0.5, 0.6) is 11.5 Å². The molecule has 0 spiro atoms. The fourth-order valence-electron chi connectivity index (χ4n) is 4.29. The summed E-state index contributed by atoms with van der Waals surface area (Å²) in [4.78, 5) is 24.2. The summed E-state index contributed by atoms with van der Waals surface area (Å²) >= 11 is 0. The van der Waals surface area contributed by atoms with Gasteiger partial charge in [0.05, 0.1) is 11.4 Å². The third-order valence-electron chi connectivity index (χ3n) is 6.16. The van der Waals surface area contributed by atoms with Gasteiger partial charge in [-0.05, 0) is 69.6 Å². The molecule has 3 N–H and O–H groups in total. The summed E-state index contributed by atoms with van der Waals surface area (Å²) in [6, 6.07) is 6.08. The molecule has 2 atom stereocenters. The highest BCUT2D eigenvalue weighted by molar-refractivity contribution is 5.86. The number of aryl methyl sites for hydroxylation is 1. The Morgan fingerprint density at radius 2 is 2.19 bits per heavy atom. The number of carbonyl (C=O) groups is 1. The molecule has 0 saturated carbocycles. The van der Waals surface area contributed by atoms with E-state index < -0.39 is 11.9 Å². The fourth-order valence-corrected chi connectivity index (χ4v) is 4.29. The predicted molar refractivity (Wildman–Crippen MR) is 122 cm³/mol. The Labute approximate surface area is 187 Å². The Balaban J connectivity index is 1.44. The van der Waals surface area contributed by atoms with Crippen LogP contribution >= 0.6 is 0 Å². The van der Waals surface area contributed by atoms with Gasteiger partial charge in [0.1, 0.15) is 11.4 Å². The summed E-state index contributed by atoms with van der Waals surface area (Å²) in [6.07, 6.45) is 5.77. The molecule has 1 saturated heterocycles. The number of ether oxygens (including phenoxy) is 1. The number of amides is 1. The number of pyridine rings is 1. The number of hydrogen-bond donors (Lipinski definition) is 2. The van der Waals surface area contributed by atoms with Crippen LogP contribution in [-0.2, 0) is 11.2 Å². The molecule has 1 aromatic carbocycles. The molecule has 1 amide bonds. The number of hydrogen-bond acceptors (Lipinski definition) is 5. The summed E-state index contributed by atoms with van der Waals surface area (Å²) < 4.78 is 20.7. The zero-order valence-electron chi connectivity index (χ0n) is 18.8. The van der Waals surface area contributed by atoms with Crippen molar-refractivity contribution in [3.63, 3.8) is 0 Å². The third kappa shape index (κ3) is 4.61. The topological polar surface area (TPSA) is 87.5 Å². The SMILES string of the molecule is Cc1c[nH]c2nccc(Oc3ccc(CC(N)C(=O)N4CCC[C@@H](N(C)C)C4)cc3F)c12. The molecule has 0 radical (unpaired) electrons. The first kappa shape index (κ1) is 22.2. The maximum absolute atomic E-state index is 14.8. The molecule has 170 valence electrons. The van der Waals surface area contributed by atoms with Crippen LogP contribution in [0, 0.1) is 12.7 Å². The van der Waals surface area contributed by atoms with Gasteiger partial charge >= 0.3 is 0 Å². The molecule has 8 heteroatoms. The van der Waals surface area contributed by atoms with Gasteiger partial charge < -0.3 is 25.3 Å². The lowest BCUT2D eigenvalue weighted by Crippen LogP contribution is -2.52. The van der Waals surface area contributed by atoms with E-state index >= 15 is 0 Å². The van der Waals surface area contributed by atoms with Gasteiger partial charge in [-0.2, -0.15) is 0 Å². The summed E-state index contributed by atoms with van der Waals surface area (Å²) in [7, 11) is 4.05. The van der Waals surface area contributed by atoms with Crippen molar-refractivity contribution >= 4 is 16.9 Å². The van der Waals surface area contributed by atoms with Crippen molar-refractivity contribution in [2.24, 2.45) is 5.73 Å². The average Bonchev–Trinajstić information content (AvgIpc) is 3.17. The molecule has 1 aliphatic heterocycles. The maximum Gasteiger partial charge on any atom is 0.239 e. The van der Waals surface area contributed by atoms with E-state index in [0.717, 1.165) is 30.3 Å². The number of aromatic nitrogens is 2. The van der Waals surface area contributed by atoms with Crippen molar-refractivity contribution in [1.82, 2.24) is 19.8 Å². The van der Waals surface area contributed by atoms with Crippen molar-refractivity contribution in [3.05, 3.63) is 53.6 Å². The Kier molecular flexibility index (Phi) is 6.43. The number of aromatic amines is 1. The normalized spacial score (nSPS) is 17.7. The summed E-state index contributed by atoms with van der Waals surface area (Å²) in [5.41, 5.74) is 8.53. The molecular weight excluding hydrogens is 409 g/mol. The van der Waals surface area contributed by atoms with E-state index in [0.29, 0.717) is 29.5 Å². The fraction of sp³-hybridized carbons (Fsp3) is 0.417. The van der Waals surface area contributed by atoms with Crippen molar-refractivity contribution in [3.8, 4) is 11.5 Å². The number of likely N-dealkylation sites (N-methyl/N-ethyl adjacent to an activating group) is 1. The van der Waals surface area contributed by atoms with E-state index in [1.54, 1.807) is 24.4 Å². The number of benzene rings is 1. The molecule has 4 rings (SSSR count). The van der Waals surface area contributed by atoms with E-state index in [9.17, 15) is 9.18 Å². The van der Waals surface area contributed by atoms with Gasteiger partial charge in [-0.3, -0.25) is 4.79 Å². The van der Waals surface area contributed by atoms with Gasteiger partial charge in [-0.15, -0.1) is 0 Å². The molecule has 2 aromatic heterocycles. The number of fused-ring (bicyclic) bond motifs is 1. The van der Waals surface area contributed by atoms with Crippen molar-refractivity contribution in [1.29, 1.82) is 0 Å². The molecule has 0 aliphatic carbocycles. The molecule has 1 unspecified atom stereocenters. The largest absolute Gasteiger partial charge is 0.453 e. The minimum Gasteiger partial charge on any atom is -0.453 e. The molecule has 7 nitrogen and oxygen atoms in total. The minimum atomic E-state index is -0.704. The smallest absolute Gasteiger partial charge is 0.239 e. The van der Waals surface area contributed by atoms with Crippen LogP contribution in [0.1, 0.15) is 24.0 Å². The second kappa shape index (κ2) is 9.26. The minimum absolute atomic E-state index is 0.0839. The first-order valence-electron chi connectivity index (χ1n) is 10.9. The number of H-pyrrole nitrogens is 1. The van der Waals surface area contributed by atoms with Gasteiger partial charge in [-0.25, -0.2) is 9.37 Å². The number of nitrogens with one attached hydrogen (secondary N) is 1. The van der Waals surface area contributed by atoms with E-state index in [4.69, 9.17) is 10.5 Å². The molecule has 3 aromatic rings. The van der Waals surface area contributed by atoms with Crippen molar-refractivity contribution < 1.29 is 13.9 Å². The molecule has 3 heterocycles. The van der Waals surface area contributed by atoms with Crippen LogP contribution in [0.2, 0.25) is 0 Å². The van der Waals surface area contributed by atoms with Crippen LogP contribution < -0.4 is 10.5 Å². The number of piperidine rings is 1. The van der Waals surface area contributed by atoms with E-state index in [-0.39, 0.29) is 18.1 Å². The highest BCUT2D eigenvalue weighted by Gasteiger charge is 2.28. The number of rotatable bonds is 6. The van der Waals surface area contributed by atoms with Crippen LogP contribution in [0.25, 0.3) is 11.0 Å². The van der Waals surface area contributed by atoms with Crippen LogP contribution in [0.3, 0.4) is 0 Å². The Hall–Kier alpha value is -2.97. The number of carbonyl (C=O) groups excluding carboxylic acids is 1. The van der Waals surface area contributed by atoms with Gasteiger partial charge in [0.15, 0.2) is 11.6 Å². The van der Waals surface area contributed by atoms with Gasteiger partial charge in [-0.1, -0.05) is 6.07 Å². The van der Waals surface area contributed by atoms with Gasteiger partial charge in [0, 0.05) is 31.5 Å². The molecule has 32 heavy (non-hydrogen) atoms. The second-order valence-corrected chi connectivity index (χ2v) is 8.73. The molecule has 0 bridgehead atoms. The Morgan fingerprint density at radius 1 is 1.38 bits per heavy atom. The summed E-state index contributed by atoms with van der Waals surface area (Å²) in [5.74, 6) is 0.0739. The van der Waals surface area contributed by atoms with Crippen LogP contribution in [-0.4, -0.2) is 64.9 Å². The number of likely N-dealkylation sites (tertiary alicyclic amines) is 1. The van der Waals surface area contributed by atoms with E-state index in [2.05, 4.69) is 14.9 Å². The van der Waals surface area contributed by atoms with Gasteiger partial charge in [0.25, 0.3) is 0 Å². The first-order valence-corrected chi connectivity index (χ1v) is 10.9. The quantitative estimate of drug-likeness (QED) is 0.616. The lowest BCUT2D eigenvalue weighted by molar-refractivity contribution is -0.134. The summed E-state index contributed by atoms with van der Waals surface area (Å²) in [6.45, 7) is 3.34. The first-order chi connectivity index (χ1) is 15.3. The van der Waals surface area contributed by atoms with E-state index in [1.165, 1.54) is 6.07 Å². The molecule has 1 fully saturated rings. The number of nitrogens with zero attached hydrogens (tertiary/aromatic N) is 3. The zero-order valence-corrected chi connectivity index (χ0v) is 18.8. The van der Waals surface area contributed by atoms with Gasteiger partial charge in [0.2, 0.25) is 5.91 Å². The monoisotopic (exact) mass is 439 g/mol. The molecule has 1 aliphatic rings. The average molecular weight is 440 g/mol. The highest BCUT2D eigenvalue weighted by Crippen LogP contribution is 2.32. The lowest BCUT2D eigenvalue weighted by Gasteiger charge is -2.37. The third-order valence-corrected chi connectivity index (χ3v) is 6.16. The zero-order chi connectivity index (χ0) is 22.8. The number of nitrogens with two attached hydrogens (primary N) is 1. The van der Waals surface area contributed by atoms with E-state index in [1.807, 2.05) is 32.1 Å². The summed E-state index contributed by atoms with van der Waals surface area (Å²) in [5, 5.41) is 0.821. The molecular formula is C24H30FN5O2. The highest BCUT2D eigenvalue weighted by atomic mass is 19.1. The van der Waals surface area contributed by atoms with Crippen LogP contribution in [0.15, 0.2) is 36.7 Å². The Bertz CT molecular complexity index is 1110. The lowest BCUT2D eigenvalue weighted by atomic mass is 10.0. The standard InChI is InChI=1S/C24H30FN5O2/c1-15-13-28-23-22(15)21(8-9-27-23)32-20-7-6-16(11-18(20)25)12-19(26)24(31)30-10-4-5-17(14-30)29(2)3/h6-9,11,13,17,19H,4-5,10,12,14,26H2,1-3H3,(H,27,28)/t17-,19?/m1/s1. The Morgan fingerprint density at radius 3 is 2.94 bits per heavy atom. The van der Waals surface area contributed by atoms with Crippen molar-refractivity contribution in [2.45, 2.75) is 38.3 Å². The van der Waals surface area contributed by atoms with Crippen molar-refractivity contribution in [2.75, 3.05) is 27.2 Å². The predicted octanol–water partition coefficient (Wildman–Crippen LogP) is 3.23.